The molecule has 0 unspecified atom stereocenters. The third-order valence-corrected chi connectivity index (χ3v) is 1.17. The van der Waals surface area contributed by atoms with Crippen LogP contribution in [0, 0.1) is 0 Å². The summed E-state index contributed by atoms with van der Waals surface area (Å²) in [5.74, 6) is 0. The van der Waals surface area contributed by atoms with Crippen LogP contribution in [0.25, 0.3) is 0 Å². The lowest BCUT2D eigenvalue weighted by Crippen LogP contribution is -1.76. The first-order valence-corrected chi connectivity index (χ1v) is 4.17. The van der Waals surface area contributed by atoms with E-state index in [1.807, 2.05) is 0 Å². The molecule has 4 heteroatoms. The van der Waals surface area contributed by atoms with Gasteiger partial charge in [-0.25, -0.2) is 8.42 Å². The molecule has 0 fully saturated rings. The molecule has 0 aliphatic carbocycles. The van der Waals surface area contributed by atoms with Crippen LogP contribution in [0.3, 0.4) is 0 Å². The predicted octanol–water partition coefficient (Wildman–Crippen LogP) is 1.25. The van der Waals surface area contributed by atoms with E-state index in [2.05, 4.69) is 6.58 Å². The summed E-state index contributed by atoms with van der Waals surface area (Å²) in [6, 6.07) is 0. The maximum atomic E-state index is 10.0. The Morgan fingerprint density at radius 2 is 2.00 bits per heavy atom. The van der Waals surface area contributed by atoms with Crippen LogP contribution in [0.1, 0.15) is 0 Å². The molecule has 0 atom stereocenters. The number of allylic oxidation sites excluding steroid dienone is 2. The van der Waals surface area contributed by atoms with Crippen molar-refractivity contribution < 1.29 is 8.42 Å². The quantitative estimate of drug-likeness (QED) is 0.441. The molecule has 0 radical (unpaired) electrons. The molecule has 0 saturated heterocycles. The van der Waals surface area contributed by atoms with Gasteiger partial charge in [0.15, 0.2) is 0 Å². The molecule has 0 saturated carbocycles. The van der Waals surface area contributed by atoms with E-state index in [9.17, 15) is 8.42 Å². The molecule has 0 bridgehead atoms. The van der Waals surface area contributed by atoms with E-state index in [4.69, 9.17) is 10.7 Å². The highest BCUT2D eigenvalue weighted by atomic mass is 35.7. The third-order valence-electron chi connectivity index (χ3n) is 0.377. The second-order valence-corrected chi connectivity index (χ2v) is 3.55. The molecular formula is C4H5ClO2S. The van der Waals surface area contributed by atoms with Gasteiger partial charge in [0.1, 0.15) is 0 Å². The Hall–Kier alpha value is -0.280. The highest BCUT2D eigenvalue weighted by molar-refractivity contribution is 8.16. The fraction of sp³-hybridized carbons (Fsp3) is 0. The average Bonchev–Trinajstić information content (AvgIpc) is 1.59. The SMILES string of the molecule is C=CC=CS(=O)(=O)Cl. The van der Waals surface area contributed by atoms with Gasteiger partial charge in [-0.15, -0.1) is 0 Å². The second kappa shape index (κ2) is 2.89. The van der Waals surface area contributed by atoms with Gasteiger partial charge in [-0.05, 0) is 0 Å². The summed E-state index contributed by atoms with van der Waals surface area (Å²) in [6.45, 7) is 3.25. The topological polar surface area (TPSA) is 34.1 Å². The Bertz CT molecular complexity index is 190. The van der Waals surface area contributed by atoms with Crippen LogP contribution in [0.5, 0.6) is 0 Å². The van der Waals surface area contributed by atoms with Crippen LogP contribution < -0.4 is 0 Å². The summed E-state index contributed by atoms with van der Waals surface area (Å²) >= 11 is 0. The van der Waals surface area contributed by atoms with Gasteiger partial charge >= 0.3 is 0 Å². The first-order chi connectivity index (χ1) is 3.56. The van der Waals surface area contributed by atoms with Crippen molar-refractivity contribution in [3.63, 3.8) is 0 Å². The monoisotopic (exact) mass is 152 g/mol. The standard InChI is InChI=1S/C4H5ClO2S/c1-2-3-4-8(5,6)7/h2-4H,1H2. The summed E-state index contributed by atoms with van der Waals surface area (Å²) in [4.78, 5) is 0. The predicted molar refractivity (Wildman–Crippen MR) is 34.1 cm³/mol. The fourth-order valence-electron chi connectivity index (χ4n) is 0.149. The van der Waals surface area contributed by atoms with Crippen LogP contribution >= 0.6 is 10.7 Å². The van der Waals surface area contributed by atoms with Gasteiger partial charge in [-0.1, -0.05) is 18.7 Å². The van der Waals surface area contributed by atoms with Gasteiger partial charge in [-0.3, -0.25) is 0 Å². The van der Waals surface area contributed by atoms with E-state index in [0.717, 1.165) is 5.41 Å². The summed E-state index contributed by atoms with van der Waals surface area (Å²) in [5.41, 5.74) is 0. The van der Waals surface area contributed by atoms with Crippen molar-refractivity contribution >= 4 is 19.7 Å². The first kappa shape index (κ1) is 7.72. The van der Waals surface area contributed by atoms with Crippen molar-refractivity contribution in [3.8, 4) is 0 Å². The van der Waals surface area contributed by atoms with Gasteiger partial charge in [0.2, 0.25) is 0 Å². The molecule has 0 aromatic carbocycles. The van der Waals surface area contributed by atoms with Crippen molar-refractivity contribution in [1.29, 1.82) is 0 Å². The second-order valence-electron chi connectivity index (χ2n) is 1.04. The number of halogens is 1. The average molecular weight is 153 g/mol. The van der Waals surface area contributed by atoms with Gasteiger partial charge in [0, 0.05) is 16.1 Å². The summed E-state index contributed by atoms with van der Waals surface area (Å²) < 4.78 is 20.0. The molecule has 0 spiro atoms. The van der Waals surface area contributed by atoms with E-state index in [-0.39, 0.29) is 0 Å². The molecule has 0 aromatic heterocycles. The Morgan fingerprint density at radius 3 is 2.12 bits per heavy atom. The fourth-order valence-corrected chi connectivity index (χ4v) is 0.626. The van der Waals surface area contributed by atoms with E-state index < -0.39 is 9.05 Å². The van der Waals surface area contributed by atoms with Gasteiger partial charge in [0.25, 0.3) is 9.05 Å². The van der Waals surface area contributed by atoms with E-state index >= 15 is 0 Å². The van der Waals surface area contributed by atoms with Gasteiger partial charge in [-0.2, -0.15) is 0 Å². The Kier molecular flexibility index (Phi) is 2.79. The van der Waals surface area contributed by atoms with E-state index in [1.54, 1.807) is 0 Å². The van der Waals surface area contributed by atoms with Crippen molar-refractivity contribution in [3.05, 3.63) is 24.1 Å². The zero-order chi connectivity index (χ0) is 6.62. The third kappa shape index (κ3) is 5.72. The summed E-state index contributed by atoms with van der Waals surface area (Å²) in [5, 5.41) is 0.863. The minimum absolute atomic E-state index is 0.863. The summed E-state index contributed by atoms with van der Waals surface area (Å²) in [6.07, 6.45) is 2.59. The lowest BCUT2D eigenvalue weighted by molar-refractivity contribution is 0.617. The maximum Gasteiger partial charge on any atom is 0.254 e. The first-order valence-electron chi connectivity index (χ1n) is 1.80. The number of hydrogen-bond acceptors (Lipinski definition) is 2. The number of hydrogen-bond donors (Lipinski definition) is 0. The van der Waals surface area contributed by atoms with Crippen molar-refractivity contribution in [2.75, 3.05) is 0 Å². The molecule has 46 valence electrons. The zero-order valence-electron chi connectivity index (χ0n) is 4.04. The van der Waals surface area contributed by atoms with Crippen molar-refractivity contribution in [2.24, 2.45) is 0 Å². The number of rotatable bonds is 2. The van der Waals surface area contributed by atoms with Crippen LogP contribution in [0.4, 0.5) is 0 Å². The molecule has 0 N–H and O–H groups in total. The Labute approximate surface area is 52.9 Å². The van der Waals surface area contributed by atoms with Crippen LogP contribution in [-0.4, -0.2) is 8.42 Å². The highest BCUT2D eigenvalue weighted by Crippen LogP contribution is 1.96. The largest absolute Gasteiger partial charge is 0.254 e. The smallest absolute Gasteiger partial charge is 0.208 e. The maximum absolute atomic E-state index is 10.0. The zero-order valence-corrected chi connectivity index (χ0v) is 5.61. The van der Waals surface area contributed by atoms with Crippen LogP contribution in [0.2, 0.25) is 0 Å². The lowest BCUT2D eigenvalue weighted by atomic mass is 10.6. The molecule has 8 heavy (non-hydrogen) atoms. The van der Waals surface area contributed by atoms with Gasteiger partial charge in [0.05, 0.1) is 0 Å². The summed E-state index contributed by atoms with van der Waals surface area (Å²) in [7, 11) is 1.28. The van der Waals surface area contributed by atoms with E-state index in [0.29, 0.717) is 0 Å². The minimum Gasteiger partial charge on any atom is -0.208 e. The normalized spacial score (nSPS) is 12.1. The molecule has 0 aliphatic heterocycles. The van der Waals surface area contributed by atoms with Crippen molar-refractivity contribution in [1.82, 2.24) is 0 Å². The molecule has 0 heterocycles. The Morgan fingerprint density at radius 1 is 1.50 bits per heavy atom. The molecule has 2 nitrogen and oxygen atoms in total. The van der Waals surface area contributed by atoms with Gasteiger partial charge < -0.3 is 0 Å². The van der Waals surface area contributed by atoms with Crippen LogP contribution in [-0.2, 0) is 9.05 Å². The molecule has 0 amide bonds. The molecule has 0 rings (SSSR count). The molecular weight excluding hydrogens is 148 g/mol. The molecule has 0 aromatic rings. The van der Waals surface area contributed by atoms with Crippen LogP contribution in [0.15, 0.2) is 24.1 Å². The molecule has 0 aliphatic rings. The Balaban J connectivity index is 4.12. The van der Waals surface area contributed by atoms with Crippen molar-refractivity contribution in [2.45, 2.75) is 0 Å². The lowest BCUT2D eigenvalue weighted by Gasteiger charge is -1.74. The van der Waals surface area contributed by atoms with E-state index in [1.165, 1.54) is 12.2 Å². The minimum atomic E-state index is -3.47. The highest BCUT2D eigenvalue weighted by Gasteiger charge is 1.92.